The second-order valence-corrected chi connectivity index (χ2v) is 4.08. The quantitative estimate of drug-likeness (QED) is 0.798. The number of hydrogen-bond acceptors (Lipinski definition) is 2. The summed E-state index contributed by atoms with van der Waals surface area (Å²) in [5.74, 6) is 0.0168. The maximum absolute atomic E-state index is 12.1. The van der Waals surface area contributed by atoms with Crippen LogP contribution in [-0.4, -0.2) is 23.9 Å². The fourth-order valence-corrected chi connectivity index (χ4v) is 1.89. The smallest absolute Gasteiger partial charge is 0.253 e. The second kappa shape index (κ2) is 6.05. The molecule has 1 aromatic rings. The van der Waals surface area contributed by atoms with Crippen LogP contribution in [0.3, 0.4) is 0 Å². The van der Waals surface area contributed by atoms with Crippen LogP contribution in [0.1, 0.15) is 42.6 Å². The van der Waals surface area contributed by atoms with Crippen molar-refractivity contribution in [3.8, 4) is 6.07 Å². The van der Waals surface area contributed by atoms with E-state index in [2.05, 4.69) is 13.8 Å². The van der Waals surface area contributed by atoms with Crippen molar-refractivity contribution in [3.05, 3.63) is 35.4 Å². The zero-order valence-corrected chi connectivity index (χ0v) is 10.6. The van der Waals surface area contributed by atoms with E-state index in [-0.39, 0.29) is 11.9 Å². The molecule has 0 aliphatic rings. The van der Waals surface area contributed by atoms with E-state index in [0.717, 1.165) is 12.8 Å². The molecule has 1 aromatic carbocycles. The van der Waals surface area contributed by atoms with Gasteiger partial charge in [0.05, 0.1) is 11.6 Å². The molecule has 0 fully saturated rings. The lowest BCUT2D eigenvalue weighted by Crippen LogP contribution is -2.36. The highest BCUT2D eigenvalue weighted by molar-refractivity contribution is 5.94. The summed E-state index contributed by atoms with van der Waals surface area (Å²) < 4.78 is 0. The summed E-state index contributed by atoms with van der Waals surface area (Å²) in [6.45, 7) is 4.16. The van der Waals surface area contributed by atoms with Crippen molar-refractivity contribution in [2.75, 3.05) is 7.05 Å². The maximum atomic E-state index is 12.1. The molecule has 1 amide bonds. The van der Waals surface area contributed by atoms with Gasteiger partial charge in [0.25, 0.3) is 5.91 Å². The van der Waals surface area contributed by atoms with E-state index in [1.165, 1.54) is 0 Å². The van der Waals surface area contributed by atoms with Gasteiger partial charge >= 0.3 is 0 Å². The third-order valence-corrected chi connectivity index (χ3v) is 3.07. The molecule has 0 saturated heterocycles. The van der Waals surface area contributed by atoms with Crippen LogP contribution in [0.4, 0.5) is 0 Å². The largest absolute Gasteiger partial charge is 0.339 e. The van der Waals surface area contributed by atoms with Crippen molar-refractivity contribution < 1.29 is 4.79 Å². The van der Waals surface area contributed by atoms with Gasteiger partial charge in [0.1, 0.15) is 0 Å². The first kappa shape index (κ1) is 13.2. The van der Waals surface area contributed by atoms with Crippen molar-refractivity contribution >= 4 is 5.91 Å². The molecule has 3 heteroatoms. The van der Waals surface area contributed by atoms with Crippen LogP contribution in [0.15, 0.2) is 24.3 Å². The second-order valence-electron chi connectivity index (χ2n) is 4.08. The molecule has 0 unspecified atom stereocenters. The van der Waals surface area contributed by atoms with E-state index in [9.17, 15) is 4.79 Å². The van der Waals surface area contributed by atoms with E-state index < -0.39 is 0 Å². The molecule has 0 bridgehead atoms. The van der Waals surface area contributed by atoms with E-state index in [4.69, 9.17) is 5.26 Å². The first-order chi connectivity index (χ1) is 8.13. The Labute approximate surface area is 103 Å². The molecule has 0 N–H and O–H groups in total. The molecule has 0 spiro atoms. The predicted molar refractivity (Wildman–Crippen MR) is 67.6 cm³/mol. The van der Waals surface area contributed by atoms with Crippen LogP contribution in [0.2, 0.25) is 0 Å². The van der Waals surface area contributed by atoms with Gasteiger partial charge in [-0.3, -0.25) is 4.79 Å². The van der Waals surface area contributed by atoms with Crippen molar-refractivity contribution in [2.24, 2.45) is 0 Å². The number of hydrogen-bond donors (Lipinski definition) is 0. The molecule has 0 aliphatic heterocycles. The summed E-state index contributed by atoms with van der Waals surface area (Å²) in [4.78, 5) is 13.9. The molecule has 1 rings (SSSR count). The summed E-state index contributed by atoms with van der Waals surface area (Å²) >= 11 is 0. The highest BCUT2D eigenvalue weighted by Gasteiger charge is 2.17. The van der Waals surface area contributed by atoms with Gasteiger partial charge in [-0.05, 0) is 37.1 Å². The Bertz CT molecular complexity index is 413. The number of carbonyl (C=O) groups excluding carboxylic acids is 1. The first-order valence-electron chi connectivity index (χ1n) is 5.91. The third-order valence-electron chi connectivity index (χ3n) is 3.07. The number of nitriles is 1. The molecule has 0 heterocycles. The van der Waals surface area contributed by atoms with E-state index >= 15 is 0 Å². The highest BCUT2D eigenvalue weighted by atomic mass is 16.2. The van der Waals surface area contributed by atoms with Crippen molar-refractivity contribution in [1.29, 1.82) is 5.26 Å². The molecule has 0 aliphatic carbocycles. The van der Waals surface area contributed by atoms with E-state index in [0.29, 0.717) is 11.1 Å². The molecular weight excluding hydrogens is 212 g/mol. The number of benzene rings is 1. The van der Waals surface area contributed by atoms with Crippen LogP contribution in [-0.2, 0) is 0 Å². The standard InChI is InChI=1S/C14H18N2O/c1-4-13(5-2)16(3)14(17)12-8-6-11(10-15)7-9-12/h6-9,13H,4-5H2,1-3H3. The Morgan fingerprint density at radius 2 is 1.82 bits per heavy atom. The van der Waals surface area contributed by atoms with Crippen LogP contribution in [0.5, 0.6) is 0 Å². The average Bonchev–Trinajstić information content (AvgIpc) is 2.39. The Morgan fingerprint density at radius 3 is 2.24 bits per heavy atom. The molecule has 0 atom stereocenters. The van der Waals surface area contributed by atoms with Crippen molar-refractivity contribution in [2.45, 2.75) is 32.7 Å². The van der Waals surface area contributed by atoms with Crippen molar-refractivity contribution in [3.63, 3.8) is 0 Å². The monoisotopic (exact) mass is 230 g/mol. The SMILES string of the molecule is CCC(CC)N(C)C(=O)c1ccc(C#N)cc1. The molecule has 0 saturated carbocycles. The normalized spacial score (nSPS) is 10.1. The molecule has 3 nitrogen and oxygen atoms in total. The predicted octanol–water partition coefficient (Wildman–Crippen LogP) is 2.82. The Morgan fingerprint density at radius 1 is 1.29 bits per heavy atom. The van der Waals surface area contributed by atoms with E-state index in [1.807, 2.05) is 13.1 Å². The van der Waals surface area contributed by atoms with Gasteiger partial charge in [0.15, 0.2) is 0 Å². The Kier molecular flexibility index (Phi) is 4.71. The zero-order valence-electron chi connectivity index (χ0n) is 10.6. The molecular formula is C14H18N2O. The van der Waals surface area contributed by atoms with Gasteiger partial charge in [-0.15, -0.1) is 0 Å². The lowest BCUT2D eigenvalue weighted by atomic mass is 10.1. The lowest BCUT2D eigenvalue weighted by Gasteiger charge is -2.26. The Balaban J connectivity index is 2.85. The van der Waals surface area contributed by atoms with Crippen LogP contribution in [0.25, 0.3) is 0 Å². The van der Waals surface area contributed by atoms with Crippen LogP contribution < -0.4 is 0 Å². The molecule has 90 valence electrons. The maximum Gasteiger partial charge on any atom is 0.253 e. The van der Waals surface area contributed by atoms with Gasteiger partial charge < -0.3 is 4.90 Å². The summed E-state index contributed by atoms with van der Waals surface area (Å²) in [6, 6.07) is 9.08. The van der Waals surface area contributed by atoms with Crippen LogP contribution >= 0.6 is 0 Å². The third kappa shape index (κ3) is 3.07. The average molecular weight is 230 g/mol. The number of amides is 1. The Hall–Kier alpha value is -1.82. The van der Waals surface area contributed by atoms with E-state index in [1.54, 1.807) is 29.2 Å². The minimum atomic E-state index is 0.0168. The minimum Gasteiger partial charge on any atom is -0.339 e. The summed E-state index contributed by atoms with van der Waals surface area (Å²) in [6.07, 6.45) is 1.91. The fourth-order valence-electron chi connectivity index (χ4n) is 1.89. The van der Waals surface area contributed by atoms with Crippen molar-refractivity contribution in [1.82, 2.24) is 4.90 Å². The van der Waals surface area contributed by atoms with Crippen LogP contribution in [0, 0.1) is 11.3 Å². The molecule has 17 heavy (non-hydrogen) atoms. The number of carbonyl (C=O) groups is 1. The first-order valence-corrected chi connectivity index (χ1v) is 5.91. The van der Waals surface area contributed by atoms with Gasteiger partial charge in [0.2, 0.25) is 0 Å². The number of rotatable bonds is 4. The summed E-state index contributed by atoms with van der Waals surface area (Å²) in [7, 11) is 1.83. The van der Waals surface area contributed by atoms with Gasteiger partial charge in [-0.2, -0.15) is 5.26 Å². The zero-order chi connectivity index (χ0) is 12.8. The highest BCUT2D eigenvalue weighted by Crippen LogP contribution is 2.12. The summed E-state index contributed by atoms with van der Waals surface area (Å²) in [5, 5.41) is 8.70. The van der Waals surface area contributed by atoms with Gasteiger partial charge in [-0.25, -0.2) is 0 Å². The molecule has 0 aromatic heterocycles. The fraction of sp³-hybridized carbons (Fsp3) is 0.429. The van der Waals surface area contributed by atoms with Gasteiger partial charge in [0, 0.05) is 18.7 Å². The lowest BCUT2D eigenvalue weighted by molar-refractivity contribution is 0.0723. The topological polar surface area (TPSA) is 44.1 Å². The van der Waals surface area contributed by atoms with Gasteiger partial charge in [-0.1, -0.05) is 13.8 Å². The summed E-state index contributed by atoms with van der Waals surface area (Å²) in [5.41, 5.74) is 1.21. The number of nitrogens with zero attached hydrogens (tertiary/aromatic N) is 2. The molecule has 0 radical (unpaired) electrons. The minimum absolute atomic E-state index is 0.0168.